The zero-order chi connectivity index (χ0) is 38.0. The number of nitrogens with zero attached hydrogens (tertiary/aromatic N) is 4. The van der Waals surface area contributed by atoms with Crippen LogP contribution in [0.3, 0.4) is 0 Å². The number of hydrogen-bond donors (Lipinski definition) is 2. The molecule has 2 N–H and O–H groups in total. The molecule has 2 amide bonds. The summed E-state index contributed by atoms with van der Waals surface area (Å²) in [6, 6.07) is 13.6. The van der Waals surface area contributed by atoms with Gasteiger partial charge >= 0.3 is 0 Å². The Morgan fingerprint density at radius 1 is 0.774 bits per heavy atom. The molecule has 0 saturated carbocycles. The fourth-order valence-corrected chi connectivity index (χ4v) is 7.18. The molecular weight excluding hydrogens is 754 g/mol. The van der Waals surface area contributed by atoms with Crippen molar-refractivity contribution in [3.63, 3.8) is 0 Å². The first-order chi connectivity index (χ1) is 25.7. The minimum Gasteiger partial charge on any atom is -0.497 e. The van der Waals surface area contributed by atoms with Crippen molar-refractivity contribution >= 4 is 86.8 Å². The second kappa shape index (κ2) is 22.8. The quantitative estimate of drug-likeness (QED) is 0.0779. The lowest BCUT2D eigenvalue weighted by molar-refractivity contribution is -0.118. The summed E-state index contributed by atoms with van der Waals surface area (Å²) in [6.07, 6.45) is 19.5. The van der Waals surface area contributed by atoms with Gasteiger partial charge in [-0.25, -0.2) is 10.0 Å². The largest absolute Gasteiger partial charge is 0.497 e. The maximum absolute atomic E-state index is 13.8. The number of aliphatic imine (C=N–C) groups is 1. The SMILES string of the molecule is CCCCCCCCCCCCCCCCCC(=O)Nc1ccc(Cl)c(N=C2NN(c3c(Cl)cc(Cl)cc3Cl)C(=O)C2N=Nc2ccc(OC)cc2)c1. The van der Waals surface area contributed by atoms with Crippen molar-refractivity contribution < 1.29 is 14.3 Å². The fraction of sp³-hybridized carbons (Fsp3) is 0.475. The average molecular weight is 805 g/mol. The Hall–Kier alpha value is -3.37. The number of halogens is 4. The van der Waals surface area contributed by atoms with Gasteiger partial charge in [0.1, 0.15) is 11.4 Å². The van der Waals surface area contributed by atoms with Gasteiger partial charge in [-0.3, -0.25) is 15.0 Å². The third kappa shape index (κ3) is 13.8. The lowest BCUT2D eigenvalue weighted by atomic mass is 10.0. The van der Waals surface area contributed by atoms with Crippen LogP contribution in [0.15, 0.2) is 69.8 Å². The van der Waals surface area contributed by atoms with Crippen molar-refractivity contribution in [1.82, 2.24) is 5.43 Å². The number of hydrogen-bond acceptors (Lipinski definition) is 6. The number of methoxy groups -OCH3 is 1. The molecule has 1 fully saturated rings. The molecule has 0 aromatic heterocycles. The maximum atomic E-state index is 13.8. The number of amidine groups is 1. The second-order valence-electron chi connectivity index (χ2n) is 13.2. The molecule has 0 aliphatic carbocycles. The highest BCUT2D eigenvalue weighted by Crippen LogP contribution is 2.38. The van der Waals surface area contributed by atoms with Crippen molar-refractivity contribution in [3.8, 4) is 5.75 Å². The zero-order valence-corrected chi connectivity index (χ0v) is 33.6. The molecule has 9 nitrogen and oxygen atoms in total. The summed E-state index contributed by atoms with van der Waals surface area (Å²) in [5.41, 5.74) is 4.49. The number of carbonyl (C=O) groups is 2. The summed E-state index contributed by atoms with van der Waals surface area (Å²) in [5, 5.41) is 13.6. The van der Waals surface area contributed by atoms with Gasteiger partial charge in [0.2, 0.25) is 11.9 Å². The summed E-state index contributed by atoms with van der Waals surface area (Å²) in [4.78, 5) is 31.3. The van der Waals surface area contributed by atoms with Gasteiger partial charge in [-0.2, -0.15) is 10.2 Å². The Bertz CT molecular complexity index is 1680. The molecule has 4 rings (SSSR count). The van der Waals surface area contributed by atoms with E-state index in [2.05, 4.69) is 32.9 Å². The van der Waals surface area contributed by atoms with Crippen molar-refractivity contribution in [2.24, 2.45) is 15.2 Å². The number of anilines is 2. The van der Waals surface area contributed by atoms with Crippen LogP contribution in [-0.2, 0) is 9.59 Å². The number of azo groups is 1. The van der Waals surface area contributed by atoms with Gasteiger partial charge in [0.05, 0.1) is 33.6 Å². The van der Waals surface area contributed by atoms with E-state index in [0.717, 1.165) is 24.3 Å². The molecule has 0 radical (unpaired) electrons. The molecule has 1 aliphatic heterocycles. The van der Waals surface area contributed by atoms with Crippen molar-refractivity contribution in [1.29, 1.82) is 0 Å². The number of amides is 2. The number of carbonyl (C=O) groups excluding carboxylic acids is 2. The van der Waals surface area contributed by atoms with E-state index in [-0.39, 0.29) is 27.5 Å². The van der Waals surface area contributed by atoms with E-state index in [1.54, 1.807) is 49.6 Å². The predicted molar refractivity (Wildman–Crippen MR) is 220 cm³/mol. The van der Waals surface area contributed by atoms with Crippen LogP contribution in [0.2, 0.25) is 20.1 Å². The molecule has 0 spiro atoms. The van der Waals surface area contributed by atoms with Crippen LogP contribution in [0.4, 0.5) is 22.7 Å². The van der Waals surface area contributed by atoms with E-state index < -0.39 is 11.9 Å². The van der Waals surface area contributed by atoms with Gasteiger partial charge in [0, 0.05) is 17.1 Å². The van der Waals surface area contributed by atoms with Gasteiger partial charge < -0.3 is 10.1 Å². The van der Waals surface area contributed by atoms with Crippen LogP contribution in [0.1, 0.15) is 110 Å². The molecule has 0 bridgehead atoms. The van der Waals surface area contributed by atoms with Crippen LogP contribution < -0.4 is 20.5 Å². The third-order valence-electron chi connectivity index (χ3n) is 8.98. The Balaban J connectivity index is 1.32. The molecule has 286 valence electrons. The van der Waals surface area contributed by atoms with Gasteiger partial charge in [0.15, 0.2) is 5.84 Å². The normalized spacial score (nSPS) is 15.1. The highest BCUT2D eigenvalue weighted by Gasteiger charge is 2.41. The van der Waals surface area contributed by atoms with Gasteiger partial charge in [-0.05, 0) is 61.0 Å². The number of unbranched alkanes of at least 4 members (excludes halogenated alkanes) is 14. The van der Waals surface area contributed by atoms with Gasteiger partial charge in [-0.15, -0.1) is 0 Å². The van der Waals surface area contributed by atoms with E-state index in [4.69, 9.17) is 51.1 Å². The molecule has 3 aromatic rings. The topological polar surface area (TPSA) is 108 Å². The molecule has 13 heteroatoms. The Labute approximate surface area is 333 Å². The van der Waals surface area contributed by atoms with Crippen LogP contribution >= 0.6 is 46.4 Å². The lowest BCUT2D eigenvalue weighted by Crippen LogP contribution is -2.36. The standard InChI is InChI=1S/C40H50Cl4N6O3/c1-3-4-5-6-7-8-9-10-11-12-13-14-15-16-17-18-36(51)45-30-21-24-32(42)35(27-30)46-39-37(48-47-29-19-22-31(53-2)23-20-29)40(52)50(49-39)38-33(43)25-28(41)26-34(38)44/h19-27,37H,3-18H2,1-2H3,(H,45,51)(H,46,49). The molecule has 1 atom stereocenters. The van der Waals surface area contributed by atoms with E-state index in [0.29, 0.717) is 39.3 Å². The molecule has 3 aromatic carbocycles. The van der Waals surface area contributed by atoms with Crippen molar-refractivity contribution in [3.05, 3.63) is 74.7 Å². The monoisotopic (exact) mass is 802 g/mol. The Kier molecular flexibility index (Phi) is 18.2. The summed E-state index contributed by atoms with van der Waals surface area (Å²) >= 11 is 25.6. The first-order valence-corrected chi connectivity index (χ1v) is 20.2. The van der Waals surface area contributed by atoms with E-state index in [1.165, 1.54) is 89.2 Å². The molecule has 1 heterocycles. The number of benzene rings is 3. The molecular formula is C40H50Cl4N6O3. The first kappa shape index (κ1) is 42.4. The predicted octanol–water partition coefficient (Wildman–Crippen LogP) is 13.2. The smallest absolute Gasteiger partial charge is 0.280 e. The van der Waals surface area contributed by atoms with Gasteiger partial charge in [0.25, 0.3) is 5.91 Å². The maximum Gasteiger partial charge on any atom is 0.280 e. The molecule has 1 saturated heterocycles. The second-order valence-corrected chi connectivity index (χ2v) is 14.9. The van der Waals surface area contributed by atoms with Gasteiger partial charge in [-0.1, -0.05) is 143 Å². The third-order valence-corrected chi connectivity index (χ3v) is 10.1. The highest BCUT2D eigenvalue weighted by atomic mass is 35.5. The fourth-order valence-electron chi connectivity index (χ4n) is 6.03. The minimum absolute atomic E-state index is 0.0841. The summed E-state index contributed by atoms with van der Waals surface area (Å²) in [5.74, 6) is 0.160. The van der Waals surface area contributed by atoms with Crippen LogP contribution in [0, 0.1) is 0 Å². The first-order valence-electron chi connectivity index (χ1n) is 18.7. The number of nitrogens with one attached hydrogen (secondary N) is 2. The minimum atomic E-state index is -1.20. The molecule has 1 aliphatic rings. The number of rotatable bonds is 22. The highest BCUT2D eigenvalue weighted by molar-refractivity contribution is 6.43. The summed E-state index contributed by atoms with van der Waals surface area (Å²) in [7, 11) is 1.57. The number of hydrazine groups is 1. The van der Waals surface area contributed by atoms with Crippen molar-refractivity contribution in [2.45, 2.75) is 116 Å². The Morgan fingerprint density at radius 2 is 1.34 bits per heavy atom. The Morgan fingerprint density at radius 3 is 1.91 bits per heavy atom. The summed E-state index contributed by atoms with van der Waals surface area (Å²) < 4.78 is 5.21. The van der Waals surface area contributed by atoms with Crippen molar-refractivity contribution in [2.75, 3.05) is 17.4 Å². The summed E-state index contributed by atoms with van der Waals surface area (Å²) in [6.45, 7) is 2.26. The average Bonchev–Trinajstić information content (AvgIpc) is 3.43. The van der Waals surface area contributed by atoms with Crippen LogP contribution in [0.5, 0.6) is 5.75 Å². The lowest BCUT2D eigenvalue weighted by Gasteiger charge is -2.19. The zero-order valence-electron chi connectivity index (χ0n) is 30.6. The van der Waals surface area contributed by atoms with E-state index in [1.807, 2.05) is 0 Å². The molecule has 1 unspecified atom stereocenters. The van der Waals surface area contributed by atoms with E-state index in [9.17, 15) is 9.59 Å². The number of ether oxygens (including phenoxy) is 1. The molecule has 53 heavy (non-hydrogen) atoms. The van der Waals surface area contributed by atoms with Crippen LogP contribution in [-0.4, -0.2) is 30.8 Å². The van der Waals surface area contributed by atoms with Crippen LogP contribution in [0.25, 0.3) is 0 Å². The van der Waals surface area contributed by atoms with E-state index >= 15 is 0 Å².